The molecular weight excluding hydrogens is 396 g/mol. The molecule has 1 saturated carbocycles. The number of likely N-dealkylation sites (tertiary alicyclic amines) is 2. The molecule has 2 bridgehead atoms. The van der Waals surface area contributed by atoms with Gasteiger partial charge in [-0.25, -0.2) is 4.90 Å². The smallest absolute Gasteiger partial charge is 0.295 e. The van der Waals surface area contributed by atoms with Crippen LogP contribution in [0, 0.1) is 5.41 Å². The molecule has 1 aromatic carbocycles. The highest BCUT2D eigenvalue weighted by Gasteiger charge is 2.50. The number of halogens is 2. The van der Waals surface area contributed by atoms with Gasteiger partial charge in [0, 0.05) is 37.6 Å². The molecule has 4 nitrogen and oxygen atoms in total. The van der Waals surface area contributed by atoms with Gasteiger partial charge in [0.2, 0.25) is 5.91 Å². The van der Waals surface area contributed by atoms with Crippen molar-refractivity contribution in [2.75, 3.05) is 13.1 Å². The van der Waals surface area contributed by atoms with Gasteiger partial charge in [0.15, 0.2) is 0 Å². The Balaban J connectivity index is 1.48. The molecule has 31 heavy (non-hydrogen) atoms. The Kier molecular flexibility index (Phi) is 6.42. The van der Waals surface area contributed by atoms with Crippen molar-refractivity contribution in [2.45, 2.75) is 95.3 Å². The molecule has 1 aromatic rings. The van der Waals surface area contributed by atoms with E-state index in [1.165, 1.54) is 10.5 Å². The Labute approximate surface area is 185 Å². The highest BCUT2D eigenvalue weighted by atomic mass is 19.3. The van der Waals surface area contributed by atoms with E-state index in [4.69, 9.17) is 5.73 Å². The first-order chi connectivity index (χ1) is 14.7. The molecule has 0 radical (unpaired) electrons. The first-order valence-electron chi connectivity index (χ1n) is 11.9. The van der Waals surface area contributed by atoms with Gasteiger partial charge >= 0.3 is 0 Å². The minimum atomic E-state index is -2.47. The zero-order chi connectivity index (χ0) is 22.2. The van der Waals surface area contributed by atoms with Crippen molar-refractivity contribution in [3.05, 3.63) is 35.9 Å². The van der Waals surface area contributed by atoms with Gasteiger partial charge in [0.05, 0.1) is 0 Å². The van der Waals surface area contributed by atoms with E-state index in [0.717, 1.165) is 32.1 Å². The van der Waals surface area contributed by atoms with E-state index < -0.39 is 6.55 Å². The van der Waals surface area contributed by atoms with Crippen LogP contribution in [-0.2, 0) is 10.2 Å². The molecule has 172 valence electrons. The predicted octanol–water partition coefficient (Wildman–Crippen LogP) is 4.53. The lowest BCUT2D eigenvalue weighted by Crippen LogP contribution is -2.58. The van der Waals surface area contributed by atoms with E-state index in [0.29, 0.717) is 32.4 Å². The molecule has 2 N–H and O–H groups in total. The minimum Gasteiger partial charge on any atom is -0.342 e. The van der Waals surface area contributed by atoms with Gasteiger partial charge < -0.3 is 10.6 Å². The van der Waals surface area contributed by atoms with Crippen LogP contribution < -0.4 is 5.73 Å². The Morgan fingerprint density at radius 3 is 2.61 bits per heavy atom. The summed E-state index contributed by atoms with van der Waals surface area (Å²) in [6.07, 6.45) is 5.98. The summed E-state index contributed by atoms with van der Waals surface area (Å²) >= 11 is 0. The standard InChI is InChI=1S/C25H37F2N3O/c1-24(2)17-29(14-12-21(24)28)22(31)11-10-20-16-25(18-7-4-3-5-8-18)13-6-9-19(15-25)30(20)23(26)27/h3-5,7-8,19-21,23H,6,9-17,28H2,1-2H3/t19?,20?,21-,25?/m0/s1. The van der Waals surface area contributed by atoms with Crippen LogP contribution in [0.4, 0.5) is 8.78 Å². The third-order valence-corrected chi connectivity index (χ3v) is 8.26. The zero-order valence-electron chi connectivity index (χ0n) is 18.9. The molecule has 1 aliphatic carbocycles. The number of carbonyl (C=O) groups excluding carboxylic acids is 1. The number of amides is 1. The first-order valence-corrected chi connectivity index (χ1v) is 11.9. The predicted molar refractivity (Wildman–Crippen MR) is 119 cm³/mol. The number of nitrogens with zero attached hydrogens (tertiary/aromatic N) is 2. The van der Waals surface area contributed by atoms with Crippen molar-refractivity contribution in [1.82, 2.24) is 9.80 Å². The summed E-state index contributed by atoms with van der Waals surface area (Å²) in [4.78, 5) is 16.3. The molecule has 3 fully saturated rings. The molecule has 6 heteroatoms. The van der Waals surface area contributed by atoms with Crippen LogP contribution >= 0.6 is 0 Å². The monoisotopic (exact) mass is 433 g/mol. The quantitative estimate of drug-likeness (QED) is 0.694. The maximum atomic E-state index is 14.1. The van der Waals surface area contributed by atoms with Crippen molar-refractivity contribution in [3.8, 4) is 0 Å². The second-order valence-corrected chi connectivity index (χ2v) is 10.7. The van der Waals surface area contributed by atoms with Gasteiger partial charge in [-0.15, -0.1) is 0 Å². The second-order valence-electron chi connectivity index (χ2n) is 10.7. The van der Waals surface area contributed by atoms with Crippen LogP contribution in [0.3, 0.4) is 0 Å². The fraction of sp³-hybridized carbons (Fsp3) is 0.720. The lowest BCUT2D eigenvalue weighted by atomic mass is 9.61. The van der Waals surface area contributed by atoms with Crippen LogP contribution in [0.2, 0.25) is 0 Å². The SMILES string of the molecule is CC1(C)CN(C(=O)CCC2CC3(c4ccccc4)CCCC(C3)N2C(F)F)CC[C@@H]1N. The summed E-state index contributed by atoms with van der Waals surface area (Å²) in [6.45, 7) is 3.04. The van der Waals surface area contributed by atoms with E-state index >= 15 is 0 Å². The van der Waals surface area contributed by atoms with Gasteiger partial charge in [-0.1, -0.05) is 50.6 Å². The summed E-state index contributed by atoms with van der Waals surface area (Å²) in [5.74, 6) is 0.0821. The number of fused-ring (bicyclic) bond motifs is 2. The van der Waals surface area contributed by atoms with Crippen molar-refractivity contribution in [2.24, 2.45) is 11.1 Å². The third kappa shape index (κ3) is 4.51. The van der Waals surface area contributed by atoms with Gasteiger partial charge in [-0.3, -0.25) is 4.79 Å². The lowest BCUT2D eigenvalue weighted by Gasteiger charge is -2.54. The number of nitrogens with two attached hydrogens (primary N) is 1. The number of hydrogen-bond acceptors (Lipinski definition) is 3. The highest BCUT2D eigenvalue weighted by Crippen LogP contribution is 2.50. The van der Waals surface area contributed by atoms with E-state index in [9.17, 15) is 13.6 Å². The summed E-state index contributed by atoms with van der Waals surface area (Å²) in [7, 11) is 0. The van der Waals surface area contributed by atoms with Crippen molar-refractivity contribution >= 4 is 5.91 Å². The summed E-state index contributed by atoms with van der Waals surface area (Å²) in [6, 6.07) is 10.1. The maximum absolute atomic E-state index is 14.1. The van der Waals surface area contributed by atoms with Crippen molar-refractivity contribution in [3.63, 3.8) is 0 Å². The third-order valence-electron chi connectivity index (χ3n) is 8.26. The second kappa shape index (κ2) is 8.78. The van der Waals surface area contributed by atoms with Crippen LogP contribution in [0.25, 0.3) is 0 Å². The molecule has 0 spiro atoms. The number of benzene rings is 1. The van der Waals surface area contributed by atoms with Crippen LogP contribution in [-0.4, -0.2) is 53.5 Å². The molecule has 2 aliphatic heterocycles. The Morgan fingerprint density at radius 1 is 1.19 bits per heavy atom. The molecule has 3 aliphatic rings. The van der Waals surface area contributed by atoms with E-state index in [1.807, 2.05) is 11.0 Å². The molecule has 0 aromatic heterocycles. The fourth-order valence-corrected chi connectivity index (χ4v) is 6.40. The van der Waals surface area contributed by atoms with Crippen LogP contribution in [0.5, 0.6) is 0 Å². The number of hydrogen-bond donors (Lipinski definition) is 1. The summed E-state index contributed by atoms with van der Waals surface area (Å²) in [5, 5.41) is 0. The normalized spacial score (nSPS) is 33.5. The van der Waals surface area contributed by atoms with Gasteiger partial charge in [-0.2, -0.15) is 8.78 Å². The van der Waals surface area contributed by atoms with E-state index in [1.54, 1.807) is 0 Å². The average molecular weight is 434 g/mol. The Morgan fingerprint density at radius 2 is 1.94 bits per heavy atom. The molecule has 3 unspecified atom stereocenters. The fourth-order valence-electron chi connectivity index (χ4n) is 6.40. The lowest BCUT2D eigenvalue weighted by molar-refractivity contribution is -0.140. The van der Waals surface area contributed by atoms with Crippen molar-refractivity contribution < 1.29 is 13.6 Å². The molecular formula is C25H37F2N3O. The van der Waals surface area contributed by atoms with Gasteiger partial charge in [-0.05, 0) is 54.9 Å². The van der Waals surface area contributed by atoms with Crippen LogP contribution in [0.1, 0.15) is 70.8 Å². The summed E-state index contributed by atoms with van der Waals surface area (Å²) in [5.41, 5.74) is 7.34. The highest BCUT2D eigenvalue weighted by molar-refractivity contribution is 5.76. The van der Waals surface area contributed by atoms with Crippen molar-refractivity contribution in [1.29, 1.82) is 0 Å². The zero-order valence-corrected chi connectivity index (χ0v) is 18.9. The number of rotatable bonds is 5. The molecule has 2 saturated heterocycles. The molecule has 4 atom stereocenters. The molecule has 2 heterocycles. The first kappa shape index (κ1) is 22.7. The van der Waals surface area contributed by atoms with Gasteiger partial charge in [0.25, 0.3) is 6.55 Å². The van der Waals surface area contributed by atoms with Crippen LogP contribution in [0.15, 0.2) is 30.3 Å². The Hall–Kier alpha value is -1.53. The van der Waals surface area contributed by atoms with Gasteiger partial charge in [0.1, 0.15) is 0 Å². The van der Waals surface area contributed by atoms with E-state index in [2.05, 4.69) is 38.1 Å². The summed E-state index contributed by atoms with van der Waals surface area (Å²) < 4.78 is 28.3. The number of alkyl halides is 2. The van der Waals surface area contributed by atoms with E-state index in [-0.39, 0.29) is 34.9 Å². The largest absolute Gasteiger partial charge is 0.342 e. The number of carbonyl (C=O) groups is 1. The minimum absolute atomic E-state index is 0.0385. The maximum Gasteiger partial charge on any atom is 0.295 e. The molecule has 4 rings (SSSR count). The molecule has 1 amide bonds. The number of piperidine rings is 2. The topological polar surface area (TPSA) is 49.6 Å². The average Bonchev–Trinajstić information content (AvgIpc) is 2.74. The Bertz CT molecular complexity index is 771.